The summed E-state index contributed by atoms with van der Waals surface area (Å²) in [5.41, 5.74) is 2.84. The van der Waals surface area contributed by atoms with E-state index in [-0.39, 0.29) is 0 Å². The molecule has 0 radical (unpaired) electrons. The largest absolute Gasteiger partial charge is 0.192 e. The number of hydrogen-bond donors (Lipinski definition) is 0. The molecular weight excluding hydrogens is 230 g/mol. The van der Waals surface area contributed by atoms with Crippen LogP contribution in [0.15, 0.2) is 48.5 Å². The summed E-state index contributed by atoms with van der Waals surface area (Å²) < 4.78 is 0. The lowest BCUT2D eigenvalue weighted by atomic mass is 10.1. The van der Waals surface area contributed by atoms with Gasteiger partial charge >= 0.3 is 0 Å². The van der Waals surface area contributed by atoms with E-state index in [0.717, 1.165) is 16.1 Å². The normalized spacial score (nSPS) is 10.4. The predicted octanol–water partition coefficient (Wildman–Crippen LogP) is 4.38. The number of halogens is 1. The van der Waals surface area contributed by atoms with Crippen LogP contribution < -0.4 is 0 Å². The van der Waals surface area contributed by atoms with E-state index >= 15 is 0 Å². The van der Waals surface area contributed by atoms with Crippen molar-refractivity contribution in [3.8, 4) is 6.07 Å². The predicted molar refractivity (Wildman–Crippen MR) is 71.5 cm³/mol. The molecule has 2 aromatic rings. The molecule has 2 rings (SSSR count). The van der Waals surface area contributed by atoms with Crippen LogP contribution in [0.1, 0.15) is 16.7 Å². The van der Waals surface area contributed by atoms with Crippen LogP contribution in [0.4, 0.5) is 0 Å². The van der Waals surface area contributed by atoms with E-state index in [1.54, 1.807) is 0 Å². The molecule has 17 heavy (non-hydrogen) atoms. The Labute approximate surface area is 106 Å². The van der Waals surface area contributed by atoms with Crippen LogP contribution in [0.25, 0.3) is 12.2 Å². The summed E-state index contributed by atoms with van der Waals surface area (Å²) in [5.74, 6) is 0. The van der Waals surface area contributed by atoms with E-state index in [2.05, 4.69) is 6.07 Å². The average Bonchev–Trinajstić information content (AvgIpc) is 2.39. The molecule has 82 valence electrons. The lowest BCUT2D eigenvalue weighted by molar-refractivity contribution is 1.48. The van der Waals surface area contributed by atoms with Gasteiger partial charge in [0.2, 0.25) is 0 Å². The van der Waals surface area contributed by atoms with Crippen molar-refractivity contribution < 1.29 is 0 Å². The number of nitrogens with zero attached hydrogens (tertiary/aromatic N) is 1. The fourth-order valence-electron chi connectivity index (χ4n) is 1.44. The van der Waals surface area contributed by atoms with E-state index in [1.807, 2.05) is 60.7 Å². The summed E-state index contributed by atoms with van der Waals surface area (Å²) in [5, 5.41) is 9.42. The van der Waals surface area contributed by atoms with Crippen molar-refractivity contribution in [1.29, 1.82) is 5.26 Å². The van der Waals surface area contributed by atoms with Gasteiger partial charge in [-0.25, -0.2) is 0 Å². The van der Waals surface area contributed by atoms with Crippen LogP contribution in [0, 0.1) is 11.3 Å². The van der Waals surface area contributed by atoms with E-state index in [9.17, 15) is 0 Å². The molecule has 0 heterocycles. The Morgan fingerprint density at radius 1 is 0.824 bits per heavy atom. The second-order valence-corrected chi connectivity index (χ2v) is 4.06. The van der Waals surface area contributed by atoms with Crippen LogP contribution in [-0.4, -0.2) is 0 Å². The first-order valence-corrected chi connectivity index (χ1v) is 5.59. The van der Waals surface area contributed by atoms with Crippen molar-refractivity contribution in [2.24, 2.45) is 0 Å². The number of nitriles is 1. The standard InChI is InChI=1S/C15H10ClN/c16-15-9-7-13(8-10-15)2-1-12-3-5-14(11-17)6-4-12/h1-10H/b2-1+. The minimum absolute atomic E-state index is 0.675. The molecule has 0 saturated heterocycles. The first-order chi connectivity index (χ1) is 8.28. The van der Waals surface area contributed by atoms with Gasteiger partial charge in [0.1, 0.15) is 0 Å². The molecular formula is C15H10ClN. The number of benzene rings is 2. The van der Waals surface area contributed by atoms with Gasteiger partial charge in [0, 0.05) is 5.02 Å². The molecule has 0 aliphatic carbocycles. The minimum atomic E-state index is 0.675. The van der Waals surface area contributed by atoms with Crippen molar-refractivity contribution in [1.82, 2.24) is 0 Å². The highest BCUT2D eigenvalue weighted by atomic mass is 35.5. The molecule has 0 aliphatic heterocycles. The van der Waals surface area contributed by atoms with Crippen molar-refractivity contribution in [3.63, 3.8) is 0 Å². The second-order valence-electron chi connectivity index (χ2n) is 3.62. The summed E-state index contributed by atoms with van der Waals surface area (Å²) >= 11 is 5.81. The minimum Gasteiger partial charge on any atom is -0.192 e. The highest BCUT2D eigenvalue weighted by Crippen LogP contribution is 2.13. The van der Waals surface area contributed by atoms with Crippen molar-refractivity contribution in [2.75, 3.05) is 0 Å². The van der Waals surface area contributed by atoms with Gasteiger partial charge in [0.15, 0.2) is 0 Å². The summed E-state index contributed by atoms with van der Waals surface area (Å²) in [7, 11) is 0. The lowest BCUT2D eigenvalue weighted by Gasteiger charge is -1.95. The maximum absolute atomic E-state index is 8.68. The smallest absolute Gasteiger partial charge is 0.0991 e. The zero-order valence-electron chi connectivity index (χ0n) is 9.10. The molecule has 1 nitrogen and oxygen atoms in total. The molecule has 0 spiro atoms. The lowest BCUT2D eigenvalue weighted by Crippen LogP contribution is -1.75. The van der Waals surface area contributed by atoms with Gasteiger partial charge in [-0.1, -0.05) is 48.0 Å². The molecule has 0 unspecified atom stereocenters. The number of hydrogen-bond acceptors (Lipinski definition) is 1. The fourth-order valence-corrected chi connectivity index (χ4v) is 1.56. The van der Waals surface area contributed by atoms with Gasteiger partial charge in [-0.2, -0.15) is 5.26 Å². The van der Waals surface area contributed by atoms with E-state index in [4.69, 9.17) is 16.9 Å². The Bertz CT molecular complexity index is 559. The monoisotopic (exact) mass is 239 g/mol. The molecule has 0 N–H and O–H groups in total. The summed E-state index contributed by atoms with van der Waals surface area (Å²) in [4.78, 5) is 0. The molecule has 0 fully saturated rings. The molecule has 0 atom stereocenters. The Morgan fingerprint density at radius 2 is 1.29 bits per heavy atom. The molecule has 0 saturated carbocycles. The molecule has 0 amide bonds. The van der Waals surface area contributed by atoms with Crippen molar-refractivity contribution in [3.05, 3.63) is 70.2 Å². The van der Waals surface area contributed by atoms with Gasteiger partial charge in [0.25, 0.3) is 0 Å². The van der Waals surface area contributed by atoms with Crippen LogP contribution in [0.2, 0.25) is 5.02 Å². The first kappa shape index (κ1) is 11.4. The third kappa shape index (κ3) is 3.21. The third-order valence-corrected chi connectivity index (χ3v) is 2.63. The van der Waals surface area contributed by atoms with E-state index in [1.165, 1.54) is 0 Å². The third-order valence-electron chi connectivity index (χ3n) is 2.38. The molecule has 2 aromatic carbocycles. The van der Waals surface area contributed by atoms with Crippen molar-refractivity contribution >= 4 is 23.8 Å². The average molecular weight is 240 g/mol. The first-order valence-electron chi connectivity index (χ1n) is 5.22. The highest BCUT2D eigenvalue weighted by Gasteiger charge is 1.91. The van der Waals surface area contributed by atoms with Gasteiger partial charge in [-0.3, -0.25) is 0 Å². The molecule has 0 aromatic heterocycles. The SMILES string of the molecule is N#Cc1ccc(/C=C/c2ccc(Cl)cc2)cc1. The Morgan fingerprint density at radius 3 is 1.76 bits per heavy atom. The van der Waals surface area contributed by atoms with Gasteiger partial charge in [0.05, 0.1) is 11.6 Å². The van der Waals surface area contributed by atoms with E-state index in [0.29, 0.717) is 5.56 Å². The summed E-state index contributed by atoms with van der Waals surface area (Å²) in [6, 6.07) is 17.2. The number of rotatable bonds is 2. The summed E-state index contributed by atoms with van der Waals surface area (Å²) in [6.45, 7) is 0. The van der Waals surface area contributed by atoms with Crippen LogP contribution in [-0.2, 0) is 0 Å². The van der Waals surface area contributed by atoms with Crippen LogP contribution in [0.3, 0.4) is 0 Å². The van der Waals surface area contributed by atoms with Crippen LogP contribution >= 0.6 is 11.6 Å². The Hall–Kier alpha value is -2.04. The quantitative estimate of drug-likeness (QED) is 0.714. The van der Waals surface area contributed by atoms with Crippen LogP contribution in [0.5, 0.6) is 0 Å². The molecule has 2 heteroatoms. The van der Waals surface area contributed by atoms with E-state index < -0.39 is 0 Å². The maximum atomic E-state index is 8.68. The van der Waals surface area contributed by atoms with Crippen molar-refractivity contribution in [2.45, 2.75) is 0 Å². The Balaban J connectivity index is 2.14. The zero-order valence-corrected chi connectivity index (χ0v) is 9.85. The van der Waals surface area contributed by atoms with Gasteiger partial charge in [-0.05, 0) is 35.4 Å². The van der Waals surface area contributed by atoms with Gasteiger partial charge in [-0.15, -0.1) is 0 Å². The summed E-state index contributed by atoms with van der Waals surface area (Å²) in [6.07, 6.45) is 4.02. The molecule has 0 bridgehead atoms. The van der Waals surface area contributed by atoms with Gasteiger partial charge < -0.3 is 0 Å². The molecule has 0 aliphatic rings. The maximum Gasteiger partial charge on any atom is 0.0991 e. The second kappa shape index (κ2) is 5.34. The highest BCUT2D eigenvalue weighted by molar-refractivity contribution is 6.30. The zero-order chi connectivity index (χ0) is 12.1. The topological polar surface area (TPSA) is 23.8 Å². The fraction of sp³-hybridized carbons (Fsp3) is 0. The Kier molecular flexibility index (Phi) is 3.59.